The summed E-state index contributed by atoms with van der Waals surface area (Å²) in [5, 5.41) is 15.1. The van der Waals surface area contributed by atoms with E-state index in [9.17, 15) is 13.6 Å². The van der Waals surface area contributed by atoms with E-state index in [0.29, 0.717) is 35.7 Å². The molecular weight excluding hydrogens is 406 g/mol. The van der Waals surface area contributed by atoms with Crippen molar-refractivity contribution in [3.8, 4) is 0 Å². The van der Waals surface area contributed by atoms with Gasteiger partial charge in [-0.05, 0) is 29.8 Å². The average molecular weight is 424 g/mol. The van der Waals surface area contributed by atoms with Crippen LogP contribution in [-0.2, 0) is 11.3 Å². The third-order valence-electron chi connectivity index (χ3n) is 5.48. The fraction of sp³-hybridized carbons (Fsp3) is 0.238. The fourth-order valence-corrected chi connectivity index (χ4v) is 4.12. The third kappa shape index (κ3) is 3.25. The van der Waals surface area contributed by atoms with Gasteiger partial charge in [-0.15, -0.1) is 0 Å². The minimum absolute atomic E-state index is 0.193. The monoisotopic (exact) mass is 424 g/mol. The molecule has 10 heteroatoms. The van der Waals surface area contributed by atoms with Crippen molar-refractivity contribution in [3.63, 3.8) is 0 Å². The number of nitrogens with one attached hydrogen (secondary N) is 2. The van der Waals surface area contributed by atoms with Crippen LogP contribution < -0.4 is 10.9 Å². The van der Waals surface area contributed by atoms with Gasteiger partial charge in [0.05, 0.1) is 36.2 Å². The summed E-state index contributed by atoms with van der Waals surface area (Å²) in [5.74, 6) is -0.801. The predicted molar refractivity (Wildman–Crippen MR) is 109 cm³/mol. The summed E-state index contributed by atoms with van der Waals surface area (Å²) >= 11 is 0. The molecule has 0 unspecified atom stereocenters. The van der Waals surface area contributed by atoms with Crippen LogP contribution in [-0.4, -0.2) is 38.7 Å². The number of H-pyrrole nitrogens is 1. The molecule has 0 aliphatic carbocycles. The van der Waals surface area contributed by atoms with Crippen LogP contribution in [0.5, 0.6) is 0 Å². The van der Waals surface area contributed by atoms with Crippen LogP contribution in [0.4, 0.5) is 14.5 Å². The van der Waals surface area contributed by atoms with E-state index in [-0.39, 0.29) is 11.2 Å². The fourth-order valence-electron chi connectivity index (χ4n) is 4.12. The molecule has 4 aromatic rings. The average Bonchev–Trinajstić information content (AvgIpc) is 3.22. The Morgan fingerprint density at radius 2 is 1.97 bits per heavy atom. The molecule has 0 saturated heterocycles. The van der Waals surface area contributed by atoms with Gasteiger partial charge in [0.1, 0.15) is 23.8 Å². The second kappa shape index (κ2) is 7.55. The number of ether oxygens (including phenoxy) is 1. The van der Waals surface area contributed by atoms with Gasteiger partial charge >= 0.3 is 0 Å². The first kappa shape index (κ1) is 19.3. The molecule has 2 atom stereocenters. The molecule has 0 fully saturated rings. The van der Waals surface area contributed by atoms with Crippen molar-refractivity contribution in [2.45, 2.75) is 18.5 Å². The molecule has 0 spiro atoms. The summed E-state index contributed by atoms with van der Waals surface area (Å²) in [6.45, 7) is 0.884. The number of aromatic nitrogens is 5. The molecule has 5 rings (SSSR count). The number of hydrogen-bond donors (Lipinski definition) is 2. The maximum Gasteiger partial charge on any atom is 0.272 e. The Balaban J connectivity index is 1.76. The highest BCUT2D eigenvalue weighted by Crippen LogP contribution is 2.45. The lowest BCUT2D eigenvalue weighted by atomic mass is 9.83. The van der Waals surface area contributed by atoms with Crippen LogP contribution in [0, 0.1) is 11.6 Å². The molecule has 1 aliphatic heterocycles. The number of methoxy groups -OCH3 is 1. The standard InChI is InChI=1S/C21H18F2N6O2/c1-31-7-6-29-20(24-10-25-29)17-18(11-2-4-12(22)5-3-11)26-15-9-13(23)8-14-16(15)19(17)27-28-21(14)30/h2-5,8-10,17-18,26H,6-7H2,1H3,(H,28,30)/t17-,18-/m0/s1. The molecule has 0 bridgehead atoms. The van der Waals surface area contributed by atoms with Crippen molar-refractivity contribution in [3.05, 3.63) is 81.8 Å². The van der Waals surface area contributed by atoms with Gasteiger partial charge in [0.15, 0.2) is 0 Å². The number of nitrogens with zero attached hydrogens (tertiary/aromatic N) is 4. The Morgan fingerprint density at radius 3 is 2.74 bits per heavy atom. The normalized spacial score (nSPS) is 17.6. The van der Waals surface area contributed by atoms with E-state index < -0.39 is 23.3 Å². The van der Waals surface area contributed by atoms with Crippen LogP contribution in [0.15, 0.2) is 47.5 Å². The van der Waals surface area contributed by atoms with E-state index >= 15 is 0 Å². The number of hydrogen-bond acceptors (Lipinski definition) is 6. The molecule has 2 aromatic carbocycles. The largest absolute Gasteiger partial charge is 0.383 e. The number of rotatable bonds is 5. The minimum atomic E-state index is -0.544. The second-order valence-electron chi connectivity index (χ2n) is 7.30. The van der Waals surface area contributed by atoms with Gasteiger partial charge in [0.25, 0.3) is 5.56 Å². The van der Waals surface area contributed by atoms with Crippen molar-refractivity contribution in [1.82, 2.24) is 25.0 Å². The van der Waals surface area contributed by atoms with E-state index in [0.717, 1.165) is 5.56 Å². The first-order chi connectivity index (χ1) is 15.1. The van der Waals surface area contributed by atoms with Gasteiger partial charge in [0.2, 0.25) is 0 Å². The van der Waals surface area contributed by atoms with Crippen LogP contribution in [0.2, 0.25) is 0 Å². The quantitative estimate of drug-likeness (QED) is 0.511. The van der Waals surface area contributed by atoms with Gasteiger partial charge in [0, 0.05) is 18.2 Å². The zero-order valence-corrected chi connectivity index (χ0v) is 16.5. The van der Waals surface area contributed by atoms with Gasteiger partial charge in [-0.1, -0.05) is 12.1 Å². The van der Waals surface area contributed by atoms with Crippen LogP contribution in [0.25, 0.3) is 10.8 Å². The predicted octanol–water partition coefficient (Wildman–Crippen LogP) is 2.74. The molecule has 8 nitrogen and oxygen atoms in total. The molecule has 158 valence electrons. The van der Waals surface area contributed by atoms with Crippen LogP contribution >= 0.6 is 0 Å². The van der Waals surface area contributed by atoms with E-state index in [1.165, 1.54) is 30.6 Å². The van der Waals surface area contributed by atoms with Crippen molar-refractivity contribution >= 4 is 16.5 Å². The smallest absolute Gasteiger partial charge is 0.272 e. The Labute approximate surface area is 174 Å². The van der Waals surface area contributed by atoms with Crippen LogP contribution in [0.1, 0.15) is 29.0 Å². The van der Waals surface area contributed by atoms with E-state index in [1.807, 2.05) is 0 Å². The Morgan fingerprint density at radius 1 is 1.16 bits per heavy atom. The molecule has 3 heterocycles. The first-order valence-corrected chi connectivity index (χ1v) is 9.67. The molecule has 1 aliphatic rings. The topological polar surface area (TPSA) is 97.7 Å². The summed E-state index contributed by atoms with van der Waals surface area (Å²) < 4.78 is 34.7. The van der Waals surface area contributed by atoms with Gasteiger partial charge in [-0.3, -0.25) is 4.79 Å². The van der Waals surface area contributed by atoms with E-state index in [2.05, 4.69) is 25.6 Å². The molecule has 2 aromatic heterocycles. The number of halogens is 2. The Hall–Kier alpha value is -3.66. The van der Waals surface area contributed by atoms with Gasteiger partial charge in [-0.25, -0.2) is 23.5 Å². The highest BCUT2D eigenvalue weighted by molar-refractivity contribution is 5.97. The Bertz CT molecular complexity index is 1320. The summed E-state index contributed by atoms with van der Waals surface area (Å²) in [5.41, 5.74) is 1.24. The number of benzene rings is 2. The van der Waals surface area contributed by atoms with Gasteiger partial charge in [-0.2, -0.15) is 10.2 Å². The lowest BCUT2D eigenvalue weighted by Crippen LogP contribution is -2.30. The summed E-state index contributed by atoms with van der Waals surface area (Å²) in [6.07, 6.45) is 1.44. The molecular formula is C21H18F2N6O2. The minimum Gasteiger partial charge on any atom is -0.383 e. The zero-order chi connectivity index (χ0) is 21.5. The maximum atomic E-state index is 14.3. The Kier molecular flexibility index (Phi) is 4.70. The highest BCUT2D eigenvalue weighted by Gasteiger charge is 2.38. The lowest BCUT2D eigenvalue weighted by molar-refractivity contribution is 0.181. The number of anilines is 1. The molecule has 2 N–H and O–H groups in total. The van der Waals surface area contributed by atoms with Crippen molar-refractivity contribution in [2.24, 2.45) is 0 Å². The highest BCUT2D eigenvalue weighted by atomic mass is 19.1. The third-order valence-corrected chi connectivity index (χ3v) is 5.48. The number of aromatic amines is 1. The summed E-state index contributed by atoms with van der Waals surface area (Å²) in [7, 11) is 1.60. The van der Waals surface area contributed by atoms with E-state index in [1.54, 1.807) is 23.9 Å². The molecule has 0 radical (unpaired) electrons. The molecule has 0 amide bonds. The molecule has 0 saturated carbocycles. The second-order valence-corrected chi connectivity index (χ2v) is 7.30. The van der Waals surface area contributed by atoms with Crippen molar-refractivity contribution in [1.29, 1.82) is 0 Å². The van der Waals surface area contributed by atoms with Crippen molar-refractivity contribution < 1.29 is 13.5 Å². The van der Waals surface area contributed by atoms with E-state index in [4.69, 9.17) is 4.74 Å². The summed E-state index contributed by atoms with van der Waals surface area (Å²) in [6, 6.07) is 8.10. The lowest BCUT2D eigenvalue weighted by Gasteiger charge is -2.34. The van der Waals surface area contributed by atoms with Crippen LogP contribution in [0.3, 0.4) is 0 Å². The molecule has 31 heavy (non-hydrogen) atoms. The summed E-state index contributed by atoms with van der Waals surface area (Å²) in [4.78, 5) is 16.8. The van der Waals surface area contributed by atoms with Crippen molar-refractivity contribution in [2.75, 3.05) is 19.0 Å². The maximum absolute atomic E-state index is 14.3. The first-order valence-electron chi connectivity index (χ1n) is 9.67. The van der Waals surface area contributed by atoms with Gasteiger partial charge < -0.3 is 10.1 Å². The SMILES string of the molecule is COCCn1ncnc1[C@@H]1c2n[nH]c(=O)c3cc(F)cc(c23)N[C@H]1c1ccc(F)cc1. The zero-order valence-electron chi connectivity index (χ0n) is 16.5.